The normalized spacial score (nSPS) is 10.8. The Hall–Kier alpha value is -2.27. The second-order valence-electron chi connectivity index (χ2n) is 6.29. The van der Waals surface area contributed by atoms with E-state index in [0.29, 0.717) is 0 Å². The van der Waals surface area contributed by atoms with Crippen LogP contribution in [0.4, 0.5) is 10.8 Å². The van der Waals surface area contributed by atoms with Crippen molar-refractivity contribution in [3.05, 3.63) is 94.8 Å². The number of nitrogens with zero attached hydrogens (tertiary/aromatic N) is 2. The molecule has 3 aromatic carbocycles. The van der Waals surface area contributed by atoms with Gasteiger partial charge in [-0.25, -0.2) is 4.98 Å². The number of aromatic nitrogens is 1. The zero-order valence-electron chi connectivity index (χ0n) is 15.4. The number of anilines is 2. The molecule has 0 aliphatic heterocycles. The van der Waals surface area contributed by atoms with E-state index in [-0.39, 0.29) is 0 Å². The molecule has 4 aromatic rings. The van der Waals surface area contributed by atoms with Gasteiger partial charge < -0.3 is 4.90 Å². The number of rotatable bonds is 6. The molecule has 0 fully saturated rings. The summed E-state index contributed by atoms with van der Waals surface area (Å²) < 4.78 is 0. The quantitative estimate of drug-likeness (QED) is 0.299. The predicted octanol–water partition coefficient (Wildman–Crippen LogP) is 7.52. The van der Waals surface area contributed by atoms with Crippen LogP contribution in [0.2, 0.25) is 5.02 Å². The summed E-state index contributed by atoms with van der Waals surface area (Å²) in [6.45, 7) is 0.770. The summed E-state index contributed by atoms with van der Waals surface area (Å²) in [4.78, 5) is 8.45. The van der Waals surface area contributed by atoms with E-state index in [2.05, 4.69) is 65.1 Å². The molecule has 0 saturated carbocycles. The summed E-state index contributed by atoms with van der Waals surface area (Å²) in [5.74, 6) is 0. The van der Waals surface area contributed by atoms with Crippen molar-refractivity contribution in [3.63, 3.8) is 0 Å². The third kappa shape index (κ3) is 4.41. The van der Waals surface area contributed by atoms with Gasteiger partial charge in [-0.3, -0.25) is 0 Å². The lowest BCUT2D eigenvalue weighted by atomic mass is 10.2. The molecule has 140 valence electrons. The summed E-state index contributed by atoms with van der Waals surface area (Å²) >= 11 is 9.43. The number of thioether (sulfide) groups is 1. The summed E-state index contributed by atoms with van der Waals surface area (Å²) in [7, 11) is 0. The molecule has 0 amide bonds. The maximum absolute atomic E-state index is 6.02. The van der Waals surface area contributed by atoms with Gasteiger partial charge in [-0.1, -0.05) is 54.1 Å². The Morgan fingerprint density at radius 1 is 0.929 bits per heavy atom. The molecule has 0 unspecified atom stereocenters. The Balaban J connectivity index is 1.66. The SMILES string of the molecule is CSc1ccc(CN(c2ccccc2)c2nc(-c3ccc(Cl)cc3)cs2)cc1. The molecule has 0 bridgehead atoms. The fourth-order valence-corrected chi connectivity index (χ4v) is 4.32. The lowest BCUT2D eigenvalue weighted by Crippen LogP contribution is -2.16. The topological polar surface area (TPSA) is 16.1 Å². The molecule has 5 heteroatoms. The van der Waals surface area contributed by atoms with E-state index in [1.54, 1.807) is 23.1 Å². The molecule has 0 aliphatic carbocycles. The number of thiazole rings is 1. The molecular formula is C23H19ClN2S2. The molecule has 1 heterocycles. The average Bonchev–Trinajstić information content (AvgIpc) is 3.23. The highest BCUT2D eigenvalue weighted by Gasteiger charge is 2.15. The Labute approximate surface area is 178 Å². The molecule has 28 heavy (non-hydrogen) atoms. The second-order valence-corrected chi connectivity index (χ2v) is 8.44. The molecule has 2 nitrogen and oxygen atoms in total. The fraction of sp³-hybridized carbons (Fsp3) is 0.0870. The Bertz CT molecular complexity index is 1030. The number of para-hydroxylation sites is 1. The predicted molar refractivity (Wildman–Crippen MR) is 123 cm³/mol. The first-order chi connectivity index (χ1) is 13.7. The first-order valence-corrected chi connectivity index (χ1v) is 11.4. The van der Waals surface area contributed by atoms with Crippen molar-refractivity contribution in [2.45, 2.75) is 11.4 Å². The molecular weight excluding hydrogens is 404 g/mol. The van der Waals surface area contributed by atoms with Gasteiger partial charge in [-0.05, 0) is 48.2 Å². The van der Waals surface area contributed by atoms with Crippen LogP contribution in [-0.4, -0.2) is 11.2 Å². The van der Waals surface area contributed by atoms with Crippen LogP contribution in [-0.2, 0) is 6.54 Å². The van der Waals surface area contributed by atoms with Gasteiger partial charge in [0.25, 0.3) is 0 Å². The van der Waals surface area contributed by atoms with E-state index in [1.807, 2.05) is 30.3 Å². The summed E-state index contributed by atoms with van der Waals surface area (Å²) in [5, 5.41) is 3.81. The second kappa shape index (κ2) is 8.82. The fourth-order valence-electron chi connectivity index (χ4n) is 2.93. The highest BCUT2D eigenvalue weighted by atomic mass is 35.5. The first-order valence-electron chi connectivity index (χ1n) is 8.90. The van der Waals surface area contributed by atoms with Crippen LogP contribution in [0.15, 0.2) is 89.1 Å². The highest BCUT2D eigenvalue weighted by molar-refractivity contribution is 7.98. The van der Waals surface area contributed by atoms with Crippen LogP contribution in [0.1, 0.15) is 5.56 Å². The average molecular weight is 423 g/mol. The molecule has 0 saturated heterocycles. The third-order valence-electron chi connectivity index (χ3n) is 4.43. The maximum Gasteiger partial charge on any atom is 0.190 e. The Morgan fingerprint density at radius 3 is 2.32 bits per heavy atom. The van der Waals surface area contributed by atoms with Gasteiger partial charge in [-0.2, -0.15) is 0 Å². The number of benzene rings is 3. The highest BCUT2D eigenvalue weighted by Crippen LogP contribution is 2.34. The van der Waals surface area contributed by atoms with Crippen molar-refractivity contribution in [1.29, 1.82) is 0 Å². The van der Waals surface area contributed by atoms with Crippen molar-refractivity contribution >= 4 is 45.5 Å². The number of hydrogen-bond acceptors (Lipinski definition) is 4. The minimum atomic E-state index is 0.735. The zero-order valence-corrected chi connectivity index (χ0v) is 17.8. The van der Waals surface area contributed by atoms with Crippen molar-refractivity contribution in [3.8, 4) is 11.3 Å². The summed E-state index contributed by atoms with van der Waals surface area (Å²) in [6.07, 6.45) is 2.10. The molecule has 0 atom stereocenters. The minimum absolute atomic E-state index is 0.735. The summed E-state index contributed by atoms with van der Waals surface area (Å²) in [6, 6.07) is 27.0. The van der Waals surface area contributed by atoms with Gasteiger partial charge in [0.2, 0.25) is 0 Å². The van der Waals surface area contributed by atoms with Gasteiger partial charge in [0.05, 0.1) is 12.2 Å². The van der Waals surface area contributed by atoms with Crippen molar-refractivity contribution in [1.82, 2.24) is 4.98 Å². The Kier molecular flexibility index (Phi) is 6.01. The van der Waals surface area contributed by atoms with Gasteiger partial charge >= 0.3 is 0 Å². The van der Waals surface area contributed by atoms with Crippen LogP contribution in [0.3, 0.4) is 0 Å². The molecule has 0 radical (unpaired) electrons. The molecule has 0 spiro atoms. The monoisotopic (exact) mass is 422 g/mol. The van der Waals surface area contributed by atoms with Crippen LogP contribution in [0, 0.1) is 0 Å². The van der Waals surface area contributed by atoms with Crippen LogP contribution < -0.4 is 4.90 Å². The minimum Gasteiger partial charge on any atom is -0.313 e. The van der Waals surface area contributed by atoms with E-state index >= 15 is 0 Å². The van der Waals surface area contributed by atoms with E-state index in [9.17, 15) is 0 Å². The maximum atomic E-state index is 6.02. The van der Waals surface area contributed by atoms with Crippen LogP contribution in [0.25, 0.3) is 11.3 Å². The summed E-state index contributed by atoms with van der Waals surface area (Å²) in [5.41, 5.74) is 4.43. The van der Waals surface area contributed by atoms with Crippen molar-refractivity contribution in [2.24, 2.45) is 0 Å². The zero-order chi connectivity index (χ0) is 19.3. The van der Waals surface area contributed by atoms with E-state index in [4.69, 9.17) is 16.6 Å². The van der Waals surface area contributed by atoms with Gasteiger partial charge in [0.15, 0.2) is 5.13 Å². The van der Waals surface area contributed by atoms with Gasteiger partial charge in [0, 0.05) is 26.5 Å². The van der Waals surface area contributed by atoms with Gasteiger partial charge in [0.1, 0.15) is 0 Å². The largest absolute Gasteiger partial charge is 0.313 e. The number of hydrogen-bond donors (Lipinski definition) is 0. The molecule has 4 rings (SSSR count). The molecule has 0 N–H and O–H groups in total. The first kappa shape index (κ1) is 19.1. The van der Waals surface area contributed by atoms with Crippen LogP contribution in [0.5, 0.6) is 0 Å². The Morgan fingerprint density at radius 2 is 1.64 bits per heavy atom. The lowest BCUT2D eigenvalue weighted by molar-refractivity contribution is 0.964. The van der Waals surface area contributed by atoms with E-state index in [0.717, 1.165) is 33.6 Å². The smallest absolute Gasteiger partial charge is 0.190 e. The lowest BCUT2D eigenvalue weighted by Gasteiger charge is -2.22. The standard InChI is InChI=1S/C23H19ClN2S2/c1-27-21-13-7-17(8-14-21)15-26(20-5-3-2-4-6-20)23-25-22(16-28-23)18-9-11-19(24)12-10-18/h2-14,16H,15H2,1H3. The van der Waals surface area contributed by atoms with Crippen LogP contribution >= 0.6 is 34.7 Å². The van der Waals surface area contributed by atoms with E-state index in [1.165, 1.54) is 10.5 Å². The third-order valence-corrected chi connectivity index (χ3v) is 6.29. The molecule has 1 aromatic heterocycles. The van der Waals surface area contributed by atoms with Crippen molar-refractivity contribution in [2.75, 3.05) is 11.2 Å². The van der Waals surface area contributed by atoms with Gasteiger partial charge in [-0.15, -0.1) is 23.1 Å². The van der Waals surface area contributed by atoms with E-state index < -0.39 is 0 Å². The number of halogens is 1. The molecule has 0 aliphatic rings. The van der Waals surface area contributed by atoms with Crippen molar-refractivity contribution < 1.29 is 0 Å².